The van der Waals surface area contributed by atoms with Gasteiger partial charge in [-0.15, -0.1) is 0 Å². The molecule has 0 aliphatic carbocycles. The normalized spacial score (nSPS) is 18.1. The molecule has 2 N–H and O–H groups in total. The number of aromatic nitrogens is 1. The van der Waals surface area contributed by atoms with Gasteiger partial charge in [-0.25, -0.2) is 4.98 Å². The Bertz CT molecular complexity index is 1420. The van der Waals surface area contributed by atoms with E-state index in [4.69, 9.17) is 0 Å². The number of halogens is 6. The zero-order valence-corrected chi connectivity index (χ0v) is 22.7. The highest BCUT2D eigenvalue weighted by Crippen LogP contribution is 2.41. The molecule has 220 valence electrons. The van der Waals surface area contributed by atoms with Gasteiger partial charge in [-0.2, -0.15) is 26.3 Å². The van der Waals surface area contributed by atoms with Crippen molar-refractivity contribution in [3.8, 4) is 11.1 Å². The number of alkyl halides is 6. The van der Waals surface area contributed by atoms with Gasteiger partial charge in [0.25, 0.3) is 0 Å². The number of carbonyl (C=O) groups is 1. The lowest BCUT2D eigenvalue weighted by Gasteiger charge is -2.32. The highest BCUT2D eigenvalue weighted by Gasteiger charge is 2.41. The second-order valence-corrected chi connectivity index (χ2v) is 10.6. The maximum absolute atomic E-state index is 13.8. The average Bonchev–Trinajstić information content (AvgIpc) is 3.24. The Kier molecular flexibility index (Phi) is 7.87. The molecular formula is C29H29F6N3O3. The largest absolute Gasteiger partial charge is 0.416 e. The van der Waals surface area contributed by atoms with E-state index in [-0.39, 0.29) is 11.8 Å². The number of aliphatic hydroxyl groups excluding tert-OH is 2. The summed E-state index contributed by atoms with van der Waals surface area (Å²) < 4.78 is 81.2. The smallest absolute Gasteiger partial charge is 0.388 e. The van der Waals surface area contributed by atoms with Gasteiger partial charge in [0.2, 0.25) is 5.91 Å². The maximum atomic E-state index is 13.8. The van der Waals surface area contributed by atoms with E-state index >= 15 is 0 Å². The molecule has 2 atom stereocenters. The van der Waals surface area contributed by atoms with Crippen LogP contribution in [0.3, 0.4) is 0 Å². The van der Waals surface area contributed by atoms with E-state index in [0.29, 0.717) is 42.0 Å². The molecule has 0 bridgehead atoms. The molecule has 2 heterocycles. The van der Waals surface area contributed by atoms with Crippen LogP contribution in [0.4, 0.5) is 37.8 Å². The number of aryl methyl sites for hydroxylation is 1. The molecule has 0 radical (unpaired) electrons. The van der Waals surface area contributed by atoms with Gasteiger partial charge in [-0.05, 0) is 68.1 Å². The Hall–Kier alpha value is -3.64. The van der Waals surface area contributed by atoms with E-state index in [1.54, 1.807) is 18.2 Å². The summed E-state index contributed by atoms with van der Waals surface area (Å²) in [4.78, 5) is 20.9. The number of carbonyl (C=O) groups excluding carboxylic acids is 1. The van der Waals surface area contributed by atoms with Crippen LogP contribution in [0.2, 0.25) is 0 Å². The average molecular weight is 582 g/mol. The Morgan fingerprint density at radius 1 is 0.927 bits per heavy atom. The van der Waals surface area contributed by atoms with Crippen molar-refractivity contribution in [2.75, 3.05) is 23.4 Å². The second kappa shape index (κ2) is 10.6. The summed E-state index contributed by atoms with van der Waals surface area (Å²) in [6.07, 6.45) is -10.6. The van der Waals surface area contributed by atoms with Crippen LogP contribution >= 0.6 is 0 Å². The fraction of sp³-hybridized carbons (Fsp3) is 0.379. The number of aliphatic hydroxyl groups is 2. The number of hydrogen-bond donors (Lipinski definition) is 2. The zero-order chi connectivity index (χ0) is 30.5. The number of benzene rings is 2. The van der Waals surface area contributed by atoms with Crippen molar-refractivity contribution in [2.24, 2.45) is 0 Å². The summed E-state index contributed by atoms with van der Waals surface area (Å²) in [5.41, 5.74) is -3.03. The zero-order valence-electron chi connectivity index (χ0n) is 22.7. The van der Waals surface area contributed by atoms with E-state index in [1.807, 2.05) is 19.1 Å². The van der Waals surface area contributed by atoms with Crippen LogP contribution in [0.1, 0.15) is 42.5 Å². The van der Waals surface area contributed by atoms with Crippen molar-refractivity contribution in [3.63, 3.8) is 0 Å². The van der Waals surface area contributed by atoms with Crippen LogP contribution in [0.25, 0.3) is 11.1 Å². The lowest BCUT2D eigenvalue weighted by atomic mass is 9.81. The van der Waals surface area contributed by atoms with Gasteiger partial charge in [0.15, 0.2) is 6.23 Å². The van der Waals surface area contributed by atoms with Crippen molar-refractivity contribution in [2.45, 2.75) is 57.3 Å². The third-order valence-corrected chi connectivity index (χ3v) is 7.44. The fourth-order valence-corrected chi connectivity index (χ4v) is 4.93. The number of amides is 1. The second-order valence-electron chi connectivity index (χ2n) is 10.6. The SMILES string of the molecule is Cc1ccccc1-c1cc(N2CC[C@@H](O)[C@H]2O)ncc1N(C)C(=O)C(C)(C)c1cc(C(F)(F)F)cc(C(F)(F)F)c1. The van der Waals surface area contributed by atoms with Crippen molar-refractivity contribution < 1.29 is 41.4 Å². The quantitative estimate of drug-likeness (QED) is 0.366. The summed E-state index contributed by atoms with van der Waals surface area (Å²) in [6, 6.07) is 9.98. The molecule has 0 spiro atoms. The van der Waals surface area contributed by atoms with Crippen LogP contribution in [0, 0.1) is 6.92 Å². The van der Waals surface area contributed by atoms with Crippen LogP contribution in [0.15, 0.2) is 54.7 Å². The minimum absolute atomic E-state index is 0.0242. The predicted molar refractivity (Wildman–Crippen MR) is 141 cm³/mol. The Labute approximate surface area is 232 Å². The fourth-order valence-electron chi connectivity index (χ4n) is 4.93. The third kappa shape index (κ3) is 5.89. The number of pyridine rings is 1. The molecule has 1 saturated heterocycles. The van der Waals surface area contributed by atoms with Gasteiger partial charge in [0.1, 0.15) is 11.9 Å². The summed E-state index contributed by atoms with van der Waals surface area (Å²) in [5.74, 6) is -0.449. The number of nitrogens with zero attached hydrogens (tertiary/aromatic N) is 3. The summed E-state index contributed by atoms with van der Waals surface area (Å²) >= 11 is 0. The van der Waals surface area contributed by atoms with E-state index < -0.39 is 52.7 Å². The summed E-state index contributed by atoms with van der Waals surface area (Å²) in [5, 5.41) is 20.4. The van der Waals surface area contributed by atoms with Gasteiger partial charge < -0.3 is 20.0 Å². The molecule has 1 amide bonds. The Morgan fingerprint density at radius 3 is 2.00 bits per heavy atom. The van der Waals surface area contributed by atoms with E-state index in [2.05, 4.69) is 4.98 Å². The minimum Gasteiger partial charge on any atom is -0.388 e. The minimum atomic E-state index is -5.06. The number of hydrogen-bond acceptors (Lipinski definition) is 5. The van der Waals surface area contributed by atoms with Crippen LogP contribution in [-0.2, 0) is 22.6 Å². The Morgan fingerprint density at radius 2 is 1.49 bits per heavy atom. The van der Waals surface area contributed by atoms with Crippen LogP contribution < -0.4 is 9.80 Å². The molecule has 0 unspecified atom stereocenters. The molecule has 0 saturated carbocycles. The maximum Gasteiger partial charge on any atom is 0.416 e. The highest BCUT2D eigenvalue weighted by molar-refractivity contribution is 6.03. The highest BCUT2D eigenvalue weighted by atomic mass is 19.4. The van der Waals surface area contributed by atoms with Gasteiger partial charge in [0, 0.05) is 19.2 Å². The Balaban J connectivity index is 1.82. The van der Waals surface area contributed by atoms with Crippen molar-refractivity contribution in [1.82, 2.24) is 4.98 Å². The molecule has 41 heavy (non-hydrogen) atoms. The summed E-state index contributed by atoms with van der Waals surface area (Å²) in [6.45, 7) is 4.68. The molecule has 2 aromatic carbocycles. The predicted octanol–water partition coefficient (Wildman–Crippen LogP) is 5.92. The number of anilines is 2. The van der Waals surface area contributed by atoms with Crippen LogP contribution in [0.5, 0.6) is 0 Å². The van der Waals surface area contributed by atoms with Gasteiger partial charge >= 0.3 is 12.4 Å². The van der Waals surface area contributed by atoms with Gasteiger partial charge in [-0.1, -0.05) is 24.3 Å². The first-order valence-corrected chi connectivity index (χ1v) is 12.7. The van der Waals surface area contributed by atoms with E-state index in [1.165, 1.54) is 32.0 Å². The topological polar surface area (TPSA) is 76.9 Å². The van der Waals surface area contributed by atoms with Crippen molar-refractivity contribution in [3.05, 3.63) is 77.0 Å². The summed E-state index contributed by atoms with van der Waals surface area (Å²) in [7, 11) is 1.37. The molecule has 3 aromatic rings. The lowest BCUT2D eigenvalue weighted by molar-refractivity contribution is -0.143. The lowest BCUT2D eigenvalue weighted by Crippen LogP contribution is -2.42. The number of rotatable bonds is 5. The van der Waals surface area contributed by atoms with Gasteiger partial charge in [0.05, 0.1) is 28.4 Å². The van der Waals surface area contributed by atoms with Crippen LogP contribution in [-0.4, -0.2) is 47.0 Å². The van der Waals surface area contributed by atoms with Gasteiger partial charge in [-0.3, -0.25) is 4.79 Å². The molecule has 1 aliphatic heterocycles. The number of likely N-dealkylation sites (N-methyl/N-ethyl adjacent to an activating group) is 1. The molecule has 4 rings (SSSR count). The molecule has 12 heteroatoms. The molecule has 1 fully saturated rings. The standard InChI is InChI=1S/C29H29F6N3O3/c1-16-7-5-6-8-20(16)21-14-24(38-10-9-23(39)25(38)40)36-15-22(21)37(4)26(41)27(2,3)17-11-18(28(30,31)32)13-19(12-17)29(33,34)35/h5-8,11-15,23,25,39-40H,9-10H2,1-4H3/t23-,25-/m1/s1. The monoisotopic (exact) mass is 581 g/mol. The van der Waals surface area contributed by atoms with Crippen molar-refractivity contribution in [1.29, 1.82) is 0 Å². The van der Waals surface area contributed by atoms with E-state index in [9.17, 15) is 41.4 Å². The first-order valence-electron chi connectivity index (χ1n) is 12.7. The molecule has 1 aliphatic rings. The van der Waals surface area contributed by atoms with Crippen molar-refractivity contribution >= 4 is 17.4 Å². The molecular weight excluding hydrogens is 552 g/mol. The molecule has 6 nitrogen and oxygen atoms in total. The van der Waals surface area contributed by atoms with E-state index in [0.717, 1.165) is 10.5 Å². The third-order valence-electron chi connectivity index (χ3n) is 7.44. The first kappa shape index (κ1) is 30.3. The molecule has 1 aromatic heterocycles. The first-order chi connectivity index (χ1) is 18.9.